The van der Waals surface area contributed by atoms with Crippen molar-refractivity contribution < 1.29 is 4.42 Å². The highest BCUT2D eigenvalue weighted by atomic mass is 16.3. The molecule has 4 nitrogen and oxygen atoms in total. The Morgan fingerprint density at radius 1 is 0.543 bits per heavy atom. The molecule has 0 spiro atoms. The van der Waals surface area contributed by atoms with Crippen molar-refractivity contribution in [2.75, 3.05) is 0 Å². The van der Waals surface area contributed by atoms with Crippen LogP contribution in [0.2, 0.25) is 0 Å². The van der Waals surface area contributed by atoms with Gasteiger partial charge in [-0.1, -0.05) is 122 Å². The standard InChI is InChI=1S/C42H29N3O/c1-26-13-12-18-29-23-34(31-19-8-9-20-32(31)38(26)29)41-43-40(28-16-6-3-7-17-28)44-42(45-41)35-24-30(27-14-4-2-5-15-27)25-37-39(35)33-21-10-11-22-36(33)46-37/h2-12,14-26H,13H2,1H3. The molecule has 4 heteroatoms. The Bertz CT molecular complexity index is 2460. The first-order chi connectivity index (χ1) is 22.7. The van der Waals surface area contributed by atoms with E-state index in [0.717, 1.165) is 61.6 Å². The van der Waals surface area contributed by atoms with Gasteiger partial charge in [0, 0.05) is 27.5 Å². The van der Waals surface area contributed by atoms with E-state index in [2.05, 4.69) is 104 Å². The Morgan fingerprint density at radius 2 is 1.17 bits per heavy atom. The summed E-state index contributed by atoms with van der Waals surface area (Å²) in [6, 6.07) is 44.0. The summed E-state index contributed by atoms with van der Waals surface area (Å²) in [6.07, 6.45) is 5.56. The normalized spacial score (nSPS) is 14.2. The number of benzene rings is 6. The maximum Gasteiger partial charge on any atom is 0.164 e. The predicted octanol–water partition coefficient (Wildman–Crippen LogP) is 11.1. The summed E-state index contributed by atoms with van der Waals surface area (Å²) in [5, 5.41) is 4.44. The van der Waals surface area contributed by atoms with Crippen LogP contribution in [0.1, 0.15) is 30.4 Å². The lowest BCUT2D eigenvalue weighted by Crippen LogP contribution is -2.05. The number of furan rings is 1. The Kier molecular flexibility index (Phi) is 6.13. The second-order valence-corrected chi connectivity index (χ2v) is 12.0. The Balaban J connectivity index is 1.37. The van der Waals surface area contributed by atoms with Gasteiger partial charge in [-0.15, -0.1) is 0 Å². The van der Waals surface area contributed by atoms with Gasteiger partial charge in [0.05, 0.1) is 0 Å². The summed E-state index contributed by atoms with van der Waals surface area (Å²) in [4.78, 5) is 15.6. The number of aromatic nitrogens is 3. The first-order valence-corrected chi connectivity index (χ1v) is 15.8. The minimum atomic E-state index is 0.441. The molecule has 0 radical (unpaired) electrons. The minimum Gasteiger partial charge on any atom is -0.456 e. The molecule has 1 atom stereocenters. The van der Waals surface area contributed by atoms with E-state index < -0.39 is 0 Å². The van der Waals surface area contributed by atoms with E-state index >= 15 is 0 Å². The van der Waals surface area contributed by atoms with Crippen molar-refractivity contribution in [3.63, 3.8) is 0 Å². The van der Waals surface area contributed by atoms with Crippen LogP contribution in [0.15, 0.2) is 138 Å². The van der Waals surface area contributed by atoms with Gasteiger partial charge in [0.1, 0.15) is 11.2 Å². The molecule has 2 heterocycles. The molecule has 0 fully saturated rings. The van der Waals surface area contributed by atoms with Gasteiger partial charge in [0.2, 0.25) is 0 Å². The molecule has 218 valence electrons. The third kappa shape index (κ3) is 4.33. The van der Waals surface area contributed by atoms with E-state index in [1.54, 1.807) is 0 Å². The molecular formula is C42H29N3O. The number of fused-ring (bicyclic) bond motifs is 6. The van der Waals surface area contributed by atoms with Crippen molar-refractivity contribution in [2.45, 2.75) is 19.3 Å². The van der Waals surface area contributed by atoms with Gasteiger partial charge in [0.25, 0.3) is 0 Å². The zero-order valence-electron chi connectivity index (χ0n) is 25.3. The highest BCUT2D eigenvalue weighted by molar-refractivity contribution is 6.13. The topological polar surface area (TPSA) is 51.8 Å². The van der Waals surface area contributed by atoms with Crippen LogP contribution in [-0.2, 0) is 0 Å². The van der Waals surface area contributed by atoms with Crippen LogP contribution in [0.3, 0.4) is 0 Å². The highest BCUT2D eigenvalue weighted by Crippen LogP contribution is 2.42. The summed E-state index contributed by atoms with van der Waals surface area (Å²) in [5.74, 6) is 2.35. The molecular weight excluding hydrogens is 562 g/mol. The van der Waals surface area contributed by atoms with Crippen LogP contribution in [0.25, 0.3) is 84.1 Å². The van der Waals surface area contributed by atoms with Crippen molar-refractivity contribution in [3.05, 3.63) is 145 Å². The summed E-state index contributed by atoms with van der Waals surface area (Å²) in [6.45, 7) is 2.31. The summed E-state index contributed by atoms with van der Waals surface area (Å²) >= 11 is 0. The maximum atomic E-state index is 6.46. The molecule has 0 aliphatic heterocycles. The van der Waals surface area contributed by atoms with E-state index in [-0.39, 0.29) is 0 Å². The molecule has 0 bridgehead atoms. The van der Waals surface area contributed by atoms with Gasteiger partial charge in [0.15, 0.2) is 17.5 Å². The number of nitrogens with zero attached hydrogens (tertiary/aromatic N) is 3. The molecule has 2 aromatic heterocycles. The van der Waals surface area contributed by atoms with Gasteiger partial charge in [-0.2, -0.15) is 0 Å². The fourth-order valence-electron chi connectivity index (χ4n) is 6.97. The Labute approximate surface area is 266 Å². The van der Waals surface area contributed by atoms with Crippen molar-refractivity contribution in [3.8, 4) is 45.3 Å². The van der Waals surface area contributed by atoms with Crippen molar-refractivity contribution in [1.29, 1.82) is 0 Å². The molecule has 0 saturated carbocycles. The lowest BCUT2D eigenvalue weighted by Gasteiger charge is -2.22. The smallest absolute Gasteiger partial charge is 0.164 e. The SMILES string of the molecule is CC1CC=Cc2cc(-c3nc(-c4ccccc4)nc(-c4cc(-c5ccccc5)cc5oc6ccccc6c45)n3)c3ccccc3c21. The number of hydrogen-bond donors (Lipinski definition) is 0. The van der Waals surface area contributed by atoms with E-state index in [1.807, 2.05) is 42.5 Å². The zero-order chi connectivity index (χ0) is 30.6. The maximum absolute atomic E-state index is 6.46. The molecule has 1 aliphatic rings. The number of hydrogen-bond acceptors (Lipinski definition) is 4. The fraction of sp³-hybridized carbons (Fsp3) is 0.0714. The molecule has 9 rings (SSSR count). The van der Waals surface area contributed by atoms with Crippen molar-refractivity contribution in [1.82, 2.24) is 15.0 Å². The zero-order valence-corrected chi connectivity index (χ0v) is 25.3. The van der Waals surface area contributed by atoms with Crippen molar-refractivity contribution >= 4 is 38.8 Å². The fourth-order valence-corrected chi connectivity index (χ4v) is 6.97. The monoisotopic (exact) mass is 591 g/mol. The summed E-state index contributed by atoms with van der Waals surface area (Å²) in [7, 11) is 0. The average Bonchev–Trinajstić information content (AvgIpc) is 3.50. The van der Waals surface area contributed by atoms with Crippen LogP contribution in [0.4, 0.5) is 0 Å². The van der Waals surface area contributed by atoms with E-state index in [0.29, 0.717) is 23.4 Å². The molecule has 0 N–H and O–H groups in total. The first-order valence-electron chi connectivity index (χ1n) is 15.8. The minimum absolute atomic E-state index is 0.441. The predicted molar refractivity (Wildman–Crippen MR) is 188 cm³/mol. The largest absolute Gasteiger partial charge is 0.456 e. The van der Waals surface area contributed by atoms with Gasteiger partial charge in [-0.05, 0) is 69.6 Å². The molecule has 0 amide bonds. The third-order valence-corrected chi connectivity index (χ3v) is 9.13. The van der Waals surface area contributed by atoms with E-state index in [4.69, 9.17) is 19.4 Å². The van der Waals surface area contributed by atoms with E-state index in [1.165, 1.54) is 16.5 Å². The molecule has 1 unspecified atom stereocenters. The Hall–Kier alpha value is -5.87. The molecule has 46 heavy (non-hydrogen) atoms. The average molecular weight is 592 g/mol. The van der Waals surface area contributed by atoms with Crippen LogP contribution in [-0.4, -0.2) is 15.0 Å². The van der Waals surface area contributed by atoms with Gasteiger partial charge in [-0.25, -0.2) is 15.0 Å². The van der Waals surface area contributed by atoms with Gasteiger partial charge < -0.3 is 4.42 Å². The lowest BCUT2D eigenvalue weighted by molar-refractivity contribution is 0.669. The van der Waals surface area contributed by atoms with Crippen molar-refractivity contribution in [2.24, 2.45) is 0 Å². The number of allylic oxidation sites excluding steroid dienone is 1. The number of para-hydroxylation sites is 1. The van der Waals surface area contributed by atoms with E-state index in [9.17, 15) is 0 Å². The second-order valence-electron chi connectivity index (χ2n) is 12.0. The first kappa shape index (κ1) is 26.5. The van der Waals surface area contributed by atoms with Gasteiger partial charge in [-0.3, -0.25) is 0 Å². The molecule has 8 aromatic rings. The third-order valence-electron chi connectivity index (χ3n) is 9.13. The van der Waals surface area contributed by atoms with Crippen LogP contribution in [0, 0.1) is 0 Å². The number of rotatable bonds is 4. The van der Waals surface area contributed by atoms with Crippen LogP contribution < -0.4 is 0 Å². The van der Waals surface area contributed by atoms with Gasteiger partial charge >= 0.3 is 0 Å². The van der Waals surface area contributed by atoms with Crippen LogP contribution >= 0.6 is 0 Å². The Morgan fingerprint density at radius 3 is 1.96 bits per heavy atom. The molecule has 0 saturated heterocycles. The summed E-state index contributed by atoms with van der Waals surface area (Å²) < 4.78 is 6.46. The molecule has 1 aliphatic carbocycles. The quantitative estimate of drug-likeness (QED) is 0.204. The van der Waals surface area contributed by atoms with Crippen LogP contribution in [0.5, 0.6) is 0 Å². The molecule has 6 aromatic carbocycles. The second kappa shape index (κ2) is 10.6. The summed E-state index contributed by atoms with van der Waals surface area (Å²) in [5.41, 5.74) is 9.26. The lowest BCUT2D eigenvalue weighted by atomic mass is 9.83. The highest BCUT2D eigenvalue weighted by Gasteiger charge is 2.23.